The summed E-state index contributed by atoms with van der Waals surface area (Å²) in [4.78, 5) is 29.6. The Hall–Kier alpha value is -4.59. The van der Waals surface area contributed by atoms with Crippen LogP contribution in [0.3, 0.4) is 0 Å². The molecule has 4 aromatic rings. The number of carbonyl (C=O) groups excluding carboxylic acids is 1. The van der Waals surface area contributed by atoms with Gasteiger partial charge in [-0.05, 0) is 55.2 Å². The maximum absolute atomic E-state index is 13.8. The predicted molar refractivity (Wildman–Crippen MR) is 145 cm³/mol. The summed E-state index contributed by atoms with van der Waals surface area (Å²) in [7, 11) is -4.47. The van der Waals surface area contributed by atoms with Crippen LogP contribution in [0.4, 0.5) is 20.2 Å². The normalized spacial score (nSPS) is 15.5. The number of carbonyl (C=O) groups is 1. The first kappa shape index (κ1) is 28.0. The number of fused-ring (bicyclic) bond motifs is 1. The number of nitrogens with zero attached hydrogens (tertiary/aromatic N) is 2. The van der Waals surface area contributed by atoms with Gasteiger partial charge in [0.2, 0.25) is 15.8 Å². The quantitative estimate of drug-likeness (QED) is 0.172. The van der Waals surface area contributed by atoms with Crippen molar-refractivity contribution in [2.24, 2.45) is 11.7 Å². The van der Waals surface area contributed by atoms with Crippen LogP contribution in [0.5, 0.6) is 11.5 Å². The number of nitro benzene ring substituents is 1. The first-order valence-corrected chi connectivity index (χ1v) is 14.1. The van der Waals surface area contributed by atoms with Gasteiger partial charge in [0.15, 0.2) is 5.75 Å². The molecule has 0 bridgehead atoms. The van der Waals surface area contributed by atoms with Gasteiger partial charge in [-0.25, -0.2) is 22.2 Å². The van der Waals surface area contributed by atoms with Gasteiger partial charge in [0.05, 0.1) is 21.6 Å². The van der Waals surface area contributed by atoms with Crippen LogP contribution in [0.25, 0.3) is 11.0 Å². The monoisotopic (exact) mass is 585 g/mol. The zero-order chi connectivity index (χ0) is 29.4. The molecule has 1 aliphatic rings. The second-order valence-corrected chi connectivity index (χ2v) is 11.7. The number of alkyl halides is 2. The Morgan fingerprint density at radius 2 is 1.95 bits per heavy atom. The Morgan fingerprint density at radius 1 is 1.20 bits per heavy atom. The summed E-state index contributed by atoms with van der Waals surface area (Å²) >= 11 is 0. The van der Waals surface area contributed by atoms with Gasteiger partial charge in [0, 0.05) is 37.0 Å². The van der Waals surface area contributed by atoms with Crippen molar-refractivity contribution < 1.29 is 31.7 Å². The minimum absolute atomic E-state index is 0.0551. The summed E-state index contributed by atoms with van der Waals surface area (Å²) in [5.41, 5.74) is 5.41. The fourth-order valence-electron chi connectivity index (χ4n) is 4.78. The fraction of sp³-hybridized carbons (Fsp3) is 0.259. The molecular formula is C27H25F2N5O6S. The second-order valence-electron chi connectivity index (χ2n) is 9.81. The lowest BCUT2D eigenvalue weighted by molar-refractivity contribution is -0.384. The highest BCUT2D eigenvalue weighted by Gasteiger charge is 2.35. The van der Waals surface area contributed by atoms with Gasteiger partial charge >= 0.3 is 0 Å². The van der Waals surface area contributed by atoms with E-state index in [0.29, 0.717) is 11.0 Å². The van der Waals surface area contributed by atoms with E-state index < -0.39 is 42.1 Å². The van der Waals surface area contributed by atoms with E-state index in [4.69, 9.17) is 10.5 Å². The molecule has 2 aromatic carbocycles. The summed E-state index contributed by atoms with van der Waals surface area (Å²) in [5.74, 6) is -3.96. The predicted octanol–water partition coefficient (Wildman–Crippen LogP) is 5.43. The van der Waals surface area contributed by atoms with Crippen molar-refractivity contribution >= 4 is 38.2 Å². The molecule has 1 saturated carbocycles. The number of nitro groups is 1. The molecule has 11 nitrogen and oxygen atoms in total. The number of pyridine rings is 1. The second kappa shape index (κ2) is 10.8. The first-order valence-electron chi connectivity index (χ1n) is 12.6. The van der Waals surface area contributed by atoms with Crippen molar-refractivity contribution in [2.75, 3.05) is 11.9 Å². The molecule has 214 valence electrons. The van der Waals surface area contributed by atoms with E-state index in [0.717, 1.165) is 6.07 Å². The third-order valence-corrected chi connectivity index (χ3v) is 8.80. The number of sulfone groups is 1. The van der Waals surface area contributed by atoms with E-state index in [1.807, 2.05) is 0 Å². The van der Waals surface area contributed by atoms with Crippen LogP contribution in [0.15, 0.2) is 70.7 Å². The molecule has 1 fully saturated rings. The van der Waals surface area contributed by atoms with Gasteiger partial charge in [-0.3, -0.25) is 14.9 Å². The van der Waals surface area contributed by atoms with E-state index in [-0.39, 0.29) is 60.9 Å². The van der Waals surface area contributed by atoms with E-state index in [1.165, 1.54) is 36.5 Å². The minimum atomic E-state index is -4.47. The highest BCUT2D eigenvalue weighted by atomic mass is 32.2. The number of anilines is 1. The Kier molecular flexibility index (Phi) is 7.34. The fourth-order valence-corrected chi connectivity index (χ4v) is 6.21. The summed E-state index contributed by atoms with van der Waals surface area (Å²) in [6.45, 7) is 0.223. The van der Waals surface area contributed by atoms with E-state index >= 15 is 0 Å². The largest absolute Gasteiger partial charge is 0.453 e. The number of aromatic nitrogens is 2. The highest BCUT2D eigenvalue weighted by Crippen LogP contribution is 2.39. The van der Waals surface area contributed by atoms with Crippen molar-refractivity contribution in [1.29, 1.82) is 0 Å². The number of hydrogen-bond acceptors (Lipinski definition) is 8. The number of aromatic amines is 1. The van der Waals surface area contributed by atoms with Crippen LogP contribution in [-0.4, -0.2) is 41.7 Å². The zero-order valence-corrected chi connectivity index (χ0v) is 22.3. The SMILES string of the molecule is NC(=O)c1cccc(S(=O)(=O)c2ccc(NCC3CCC(F)(F)CC3)c([N+](=O)[O-])c2)c1Oc1cnc2[nH]ccc2c1. The molecule has 4 N–H and O–H groups in total. The van der Waals surface area contributed by atoms with Crippen LogP contribution >= 0.6 is 0 Å². The lowest BCUT2D eigenvalue weighted by Crippen LogP contribution is -2.28. The molecule has 0 spiro atoms. The van der Waals surface area contributed by atoms with Crippen molar-refractivity contribution in [3.05, 3.63) is 76.6 Å². The number of primary amides is 1. The lowest BCUT2D eigenvalue weighted by Gasteiger charge is -2.28. The average molecular weight is 586 g/mol. The van der Waals surface area contributed by atoms with Crippen molar-refractivity contribution in [3.8, 4) is 11.5 Å². The number of halogens is 2. The van der Waals surface area contributed by atoms with Gasteiger partial charge in [-0.15, -0.1) is 0 Å². The van der Waals surface area contributed by atoms with Gasteiger partial charge in [0.25, 0.3) is 11.6 Å². The number of benzene rings is 2. The molecule has 0 saturated heterocycles. The van der Waals surface area contributed by atoms with Gasteiger partial charge < -0.3 is 20.8 Å². The van der Waals surface area contributed by atoms with Crippen LogP contribution in [0, 0.1) is 16.0 Å². The van der Waals surface area contributed by atoms with E-state index in [1.54, 1.807) is 18.3 Å². The molecule has 1 amide bonds. The molecule has 2 heterocycles. The van der Waals surface area contributed by atoms with Crippen molar-refractivity contribution in [2.45, 2.75) is 41.4 Å². The Morgan fingerprint density at radius 3 is 2.66 bits per heavy atom. The van der Waals surface area contributed by atoms with Crippen LogP contribution in [-0.2, 0) is 9.84 Å². The van der Waals surface area contributed by atoms with E-state index in [9.17, 15) is 32.1 Å². The molecule has 1 aliphatic carbocycles. The molecule has 0 unspecified atom stereocenters. The lowest BCUT2D eigenvalue weighted by atomic mass is 9.87. The Balaban J connectivity index is 1.48. The average Bonchev–Trinajstić information content (AvgIpc) is 3.40. The molecule has 0 aliphatic heterocycles. The zero-order valence-electron chi connectivity index (χ0n) is 21.5. The molecule has 2 aromatic heterocycles. The standard InChI is InChI=1S/C27H25F2N5O6S/c28-27(29)9-6-16(7-10-27)14-32-21-5-4-19(13-22(21)34(36)37)41(38,39)23-3-1-2-20(25(30)35)24(23)40-18-12-17-8-11-31-26(17)33-15-18/h1-5,8,11-13,15-16,32H,6-7,9-10,14H2,(H2,30,35)(H,31,33). The number of nitrogens with one attached hydrogen (secondary N) is 2. The Labute approximate surface area is 232 Å². The Bertz CT molecular complexity index is 1750. The first-order chi connectivity index (χ1) is 19.4. The van der Waals surface area contributed by atoms with Crippen LogP contribution in [0.2, 0.25) is 0 Å². The number of amides is 1. The third-order valence-electron chi connectivity index (χ3n) is 7.02. The van der Waals surface area contributed by atoms with Crippen molar-refractivity contribution in [3.63, 3.8) is 0 Å². The van der Waals surface area contributed by atoms with Gasteiger partial charge in [0.1, 0.15) is 22.0 Å². The molecule has 14 heteroatoms. The number of rotatable bonds is 9. The summed E-state index contributed by atoms with van der Waals surface area (Å²) in [6.07, 6.45) is 3.04. The number of nitrogens with two attached hydrogens (primary N) is 1. The number of hydrogen-bond donors (Lipinski definition) is 3. The number of para-hydroxylation sites is 1. The van der Waals surface area contributed by atoms with E-state index in [2.05, 4.69) is 15.3 Å². The molecular weight excluding hydrogens is 560 g/mol. The molecule has 0 atom stereocenters. The highest BCUT2D eigenvalue weighted by molar-refractivity contribution is 7.91. The third kappa shape index (κ3) is 5.82. The van der Waals surface area contributed by atoms with Crippen LogP contribution in [0.1, 0.15) is 36.0 Å². The number of ether oxygens (including phenoxy) is 1. The smallest absolute Gasteiger partial charge is 0.293 e. The molecule has 0 radical (unpaired) electrons. The van der Waals surface area contributed by atoms with Crippen molar-refractivity contribution in [1.82, 2.24) is 9.97 Å². The van der Waals surface area contributed by atoms with Gasteiger partial charge in [-0.2, -0.15) is 0 Å². The summed E-state index contributed by atoms with van der Waals surface area (Å²) in [5, 5.41) is 15.5. The van der Waals surface area contributed by atoms with Gasteiger partial charge in [-0.1, -0.05) is 6.07 Å². The maximum Gasteiger partial charge on any atom is 0.293 e. The summed E-state index contributed by atoms with van der Waals surface area (Å²) in [6, 6.07) is 10.5. The molecule has 41 heavy (non-hydrogen) atoms. The van der Waals surface area contributed by atoms with Crippen LogP contribution < -0.4 is 15.8 Å². The number of H-pyrrole nitrogens is 1. The maximum atomic E-state index is 13.8. The minimum Gasteiger partial charge on any atom is -0.453 e. The topological polar surface area (TPSA) is 170 Å². The summed E-state index contributed by atoms with van der Waals surface area (Å²) < 4.78 is 60.3. The molecule has 5 rings (SSSR count).